The van der Waals surface area contributed by atoms with Crippen molar-refractivity contribution in [3.8, 4) is 11.3 Å². The van der Waals surface area contributed by atoms with E-state index in [-0.39, 0.29) is 0 Å². The smallest absolute Gasteiger partial charge is 0.319 e. The lowest BCUT2D eigenvalue weighted by Gasteiger charge is -2.19. The molecule has 0 spiro atoms. The number of aliphatic carboxylic acids is 1. The maximum absolute atomic E-state index is 11.4. The second kappa shape index (κ2) is 6.20. The van der Waals surface area contributed by atoms with Crippen LogP contribution in [-0.4, -0.2) is 30.8 Å². The van der Waals surface area contributed by atoms with Gasteiger partial charge in [-0.05, 0) is 32.2 Å². The fraction of sp³-hybridized carbons (Fsp3) is 0.222. The van der Waals surface area contributed by atoms with Crippen molar-refractivity contribution >= 4 is 28.5 Å². The Balaban J connectivity index is 2.16. The second-order valence-corrected chi connectivity index (χ2v) is 7.73. The summed E-state index contributed by atoms with van der Waals surface area (Å²) in [5.41, 5.74) is 2.73. The van der Waals surface area contributed by atoms with Crippen molar-refractivity contribution in [2.75, 3.05) is 0 Å². The van der Waals surface area contributed by atoms with Crippen molar-refractivity contribution in [1.29, 1.82) is 0 Å². The highest BCUT2D eigenvalue weighted by Gasteiger charge is 2.30. The van der Waals surface area contributed by atoms with Gasteiger partial charge in [0.2, 0.25) is 0 Å². The number of carbonyl (C=O) groups is 1. The molecule has 5 nitrogen and oxygen atoms in total. The Hall–Kier alpha value is -2.47. The minimum Gasteiger partial charge on any atom is -0.480 e. The van der Waals surface area contributed by atoms with Gasteiger partial charge < -0.3 is 5.11 Å². The van der Waals surface area contributed by atoms with E-state index in [9.17, 15) is 9.90 Å². The third kappa shape index (κ3) is 3.10. The monoisotopic (exact) mass is 339 g/mol. The number of carboxylic acids is 1. The largest absolute Gasteiger partial charge is 0.480 e. The van der Waals surface area contributed by atoms with Gasteiger partial charge in [-0.2, -0.15) is 0 Å². The Morgan fingerprint density at radius 1 is 1.17 bits per heavy atom. The van der Waals surface area contributed by atoms with E-state index in [2.05, 4.69) is 21.0 Å². The first-order chi connectivity index (χ1) is 11.4. The highest BCUT2D eigenvalue weighted by Crippen LogP contribution is 2.39. The number of hydrogen-bond donors (Lipinski definition) is 1. The average molecular weight is 339 g/mol. The van der Waals surface area contributed by atoms with Crippen LogP contribution < -0.4 is 0 Å². The Morgan fingerprint density at radius 2 is 1.96 bits per heavy atom. The van der Waals surface area contributed by atoms with Crippen LogP contribution in [0.15, 0.2) is 48.0 Å². The van der Waals surface area contributed by atoms with E-state index in [4.69, 9.17) is 0 Å². The van der Waals surface area contributed by atoms with Crippen LogP contribution in [0.1, 0.15) is 19.4 Å². The summed E-state index contributed by atoms with van der Waals surface area (Å²) in [5, 5.41) is 11.5. The van der Waals surface area contributed by atoms with Crippen LogP contribution in [0.5, 0.6) is 0 Å². The van der Waals surface area contributed by atoms with Gasteiger partial charge in [0, 0.05) is 29.5 Å². The molecule has 1 aromatic carbocycles. The van der Waals surface area contributed by atoms with E-state index in [1.54, 1.807) is 26.2 Å². The number of hydrogen-bond acceptors (Lipinski definition) is 5. The minimum absolute atomic E-state index is 0.700. The molecular formula is C18H17N3O2S. The SMILES string of the molecule is Cc1ccc2c(-c3ncncc3SC(C)(C)C(=O)O)cncc2c1. The van der Waals surface area contributed by atoms with Crippen LogP contribution in [0.2, 0.25) is 0 Å². The highest BCUT2D eigenvalue weighted by molar-refractivity contribution is 8.01. The first-order valence-corrected chi connectivity index (χ1v) is 8.27. The first kappa shape index (κ1) is 16.4. The van der Waals surface area contributed by atoms with Crippen molar-refractivity contribution in [3.63, 3.8) is 0 Å². The molecule has 3 aromatic rings. The maximum Gasteiger partial charge on any atom is 0.319 e. The number of nitrogens with zero attached hydrogens (tertiary/aromatic N) is 3. The summed E-state index contributed by atoms with van der Waals surface area (Å²) in [6, 6.07) is 6.16. The molecule has 0 amide bonds. The third-order valence-corrected chi connectivity index (χ3v) is 4.93. The number of aromatic nitrogens is 3. The van der Waals surface area contributed by atoms with Crippen molar-refractivity contribution in [3.05, 3.63) is 48.7 Å². The quantitative estimate of drug-likeness (QED) is 0.725. The van der Waals surface area contributed by atoms with Gasteiger partial charge in [-0.1, -0.05) is 17.7 Å². The standard InChI is InChI=1S/C18H17N3O2S/c1-11-4-5-13-12(6-11)7-19-8-14(13)16-15(9-20-10-21-16)24-18(2,3)17(22)23/h4-10H,1-3H3,(H,22,23). The molecule has 1 N–H and O–H groups in total. The lowest BCUT2D eigenvalue weighted by Crippen LogP contribution is -2.27. The van der Waals surface area contributed by atoms with Gasteiger partial charge in [0.1, 0.15) is 11.1 Å². The van der Waals surface area contributed by atoms with E-state index in [1.165, 1.54) is 18.1 Å². The molecule has 2 aromatic heterocycles. The highest BCUT2D eigenvalue weighted by atomic mass is 32.2. The molecule has 0 saturated carbocycles. The summed E-state index contributed by atoms with van der Waals surface area (Å²) >= 11 is 1.23. The molecular weight excluding hydrogens is 322 g/mol. The number of benzene rings is 1. The van der Waals surface area contributed by atoms with Crippen molar-refractivity contribution in [1.82, 2.24) is 15.0 Å². The summed E-state index contributed by atoms with van der Waals surface area (Å²) in [6.07, 6.45) is 6.71. The molecule has 2 heterocycles. The van der Waals surface area contributed by atoms with Crippen LogP contribution in [0.25, 0.3) is 22.0 Å². The van der Waals surface area contributed by atoms with Crippen molar-refractivity contribution in [2.24, 2.45) is 0 Å². The minimum atomic E-state index is -0.978. The van der Waals surface area contributed by atoms with Gasteiger partial charge in [0.25, 0.3) is 0 Å². The van der Waals surface area contributed by atoms with Crippen molar-refractivity contribution in [2.45, 2.75) is 30.4 Å². The van der Waals surface area contributed by atoms with Crippen LogP contribution >= 0.6 is 11.8 Å². The molecule has 0 fully saturated rings. The van der Waals surface area contributed by atoms with Gasteiger partial charge >= 0.3 is 5.97 Å². The molecule has 3 rings (SSSR count). The zero-order valence-corrected chi connectivity index (χ0v) is 14.5. The van der Waals surface area contributed by atoms with E-state index in [0.29, 0.717) is 5.69 Å². The average Bonchev–Trinajstić information content (AvgIpc) is 2.54. The summed E-state index contributed by atoms with van der Waals surface area (Å²) in [6.45, 7) is 5.37. The molecule has 24 heavy (non-hydrogen) atoms. The van der Waals surface area contributed by atoms with Gasteiger partial charge in [-0.25, -0.2) is 9.97 Å². The Bertz CT molecular complexity index is 925. The van der Waals surface area contributed by atoms with Gasteiger partial charge in [-0.15, -0.1) is 11.8 Å². The molecule has 0 atom stereocenters. The molecule has 0 aliphatic carbocycles. The Labute approximate surface area is 144 Å². The van der Waals surface area contributed by atoms with Crippen LogP contribution in [-0.2, 0) is 4.79 Å². The molecule has 6 heteroatoms. The van der Waals surface area contributed by atoms with Crippen LogP contribution in [0.3, 0.4) is 0 Å². The third-order valence-electron chi connectivity index (χ3n) is 3.73. The fourth-order valence-electron chi connectivity index (χ4n) is 2.40. The first-order valence-electron chi connectivity index (χ1n) is 7.45. The maximum atomic E-state index is 11.4. The van der Waals surface area contributed by atoms with Gasteiger partial charge in [0.05, 0.1) is 10.6 Å². The summed E-state index contributed by atoms with van der Waals surface area (Å²) in [4.78, 5) is 25.0. The van der Waals surface area contributed by atoms with Gasteiger partial charge in [-0.3, -0.25) is 9.78 Å². The molecule has 0 radical (unpaired) electrons. The van der Waals surface area contributed by atoms with Crippen LogP contribution in [0.4, 0.5) is 0 Å². The van der Waals surface area contributed by atoms with Gasteiger partial charge in [0.15, 0.2) is 0 Å². The van der Waals surface area contributed by atoms with E-state index >= 15 is 0 Å². The van der Waals surface area contributed by atoms with E-state index < -0.39 is 10.7 Å². The zero-order valence-electron chi connectivity index (χ0n) is 13.6. The summed E-state index contributed by atoms with van der Waals surface area (Å²) < 4.78 is -0.978. The van der Waals surface area contributed by atoms with Crippen LogP contribution in [0, 0.1) is 6.92 Å². The lowest BCUT2D eigenvalue weighted by molar-refractivity contribution is -0.138. The number of rotatable bonds is 4. The number of aryl methyl sites for hydroxylation is 1. The molecule has 0 aliphatic heterocycles. The predicted molar refractivity (Wildman–Crippen MR) is 95.1 cm³/mol. The zero-order chi connectivity index (χ0) is 17.3. The number of fused-ring (bicyclic) bond motifs is 1. The van der Waals surface area contributed by atoms with E-state index in [1.807, 2.05) is 25.3 Å². The lowest BCUT2D eigenvalue weighted by atomic mass is 10.0. The fourth-order valence-corrected chi connectivity index (χ4v) is 3.41. The topological polar surface area (TPSA) is 76.0 Å². The summed E-state index contributed by atoms with van der Waals surface area (Å²) in [7, 11) is 0. The normalized spacial score (nSPS) is 11.6. The van der Waals surface area contributed by atoms with Crippen molar-refractivity contribution < 1.29 is 9.90 Å². The summed E-state index contributed by atoms with van der Waals surface area (Å²) in [5.74, 6) is -0.881. The Morgan fingerprint density at radius 3 is 2.71 bits per heavy atom. The van der Waals surface area contributed by atoms with E-state index in [0.717, 1.165) is 26.8 Å². The molecule has 122 valence electrons. The molecule has 0 bridgehead atoms. The molecule has 0 unspecified atom stereocenters. The Kier molecular flexibility index (Phi) is 4.24. The molecule has 0 saturated heterocycles. The number of carboxylic acid groups (broad SMARTS) is 1. The predicted octanol–water partition coefficient (Wildman–Crippen LogP) is 3.96. The second-order valence-electron chi connectivity index (χ2n) is 6.06. The number of thioether (sulfide) groups is 1. The molecule has 0 aliphatic rings. The number of pyridine rings is 1.